The Bertz CT molecular complexity index is 1030. The Kier molecular flexibility index (Phi) is 8.33. The quantitative estimate of drug-likeness (QED) is 0.536. The third kappa shape index (κ3) is 5.99. The van der Waals surface area contributed by atoms with Gasteiger partial charge < -0.3 is 20.1 Å². The summed E-state index contributed by atoms with van der Waals surface area (Å²) >= 11 is 1.76. The minimum atomic E-state index is -1.00. The number of fused-ring (bicyclic) bond motifs is 3. The van der Waals surface area contributed by atoms with Gasteiger partial charge in [0.2, 0.25) is 5.91 Å². The number of hydrogen-bond acceptors (Lipinski definition) is 5. The summed E-state index contributed by atoms with van der Waals surface area (Å²) in [4.78, 5) is 39.0. The van der Waals surface area contributed by atoms with Crippen molar-refractivity contribution in [2.75, 3.05) is 31.7 Å². The summed E-state index contributed by atoms with van der Waals surface area (Å²) in [7, 11) is 0. The summed E-state index contributed by atoms with van der Waals surface area (Å²) < 4.78 is 5.60. The van der Waals surface area contributed by atoms with Crippen molar-refractivity contribution in [3.63, 3.8) is 0 Å². The third-order valence-corrected chi connectivity index (χ3v) is 7.62. The van der Waals surface area contributed by atoms with Crippen LogP contribution < -0.4 is 5.32 Å². The first-order chi connectivity index (χ1) is 17.0. The topological polar surface area (TPSA) is 95.9 Å². The molecule has 2 atom stereocenters. The zero-order valence-corrected chi connectivity index (χ0v) is 20.8. The Morgan fingerprint density at radius 1 is 1.11 bits per heavy atom. The van der Waals surface area contributed by atoms with Gasteiger partial charge in [-0.15, -0.1) is 0 Å². The van der Waals surface area contributed by atoms with Gasteiger partial charge in [-0.2, -0.15) is 11.8 Å². The van der Waals surface area contributed by atoms with Crippen LogP contribution in [0, 0.1) is 5.92 Å². The maximum absolute atomic E-state index is 13.2. The number of amides is 2. The second-order valence-electron chi connectivity index (χ2n) is 9.20. The number of likely N-dealkylation sites (tertiary alicyclic amines) is 1. The fourth-order valence-electron chi connectivity index (χ4n) is 5.16. The maximum atomic E-state index is 13.2. The Balaban J connectivity index is 1.41. The highest BCUT2D eigenvalue weighted by Crippen LogP contribution is 2.44. The predicted molar refractivity (Wildman–Crippen MR) is 137 cm³/mol. The molecule has 0 aromatic heterocycles. The van der Waals surface area contributed by atoms with Crippen molar-refractivity contribution in [1.82, 2.24) is 10.2 Å². The van der Waals surface area contributed by atoms with Crippen LogP contribution in [0.1, 0.15) is 42.7 Å². The molecule has 1 heterocycles. The van der Waals surface area contributed by atoms with Crippen molar-refractivity contribution < 1.29 is 24.2 Å². The number of carbonyl (C=O) groups excluding carboxylic acids is 2. The first kappa shape index (κ1) is 25.1. The average molecular weight is 497 g/mol. The van der Waals surface area contributed by atoms with Gasteiger partial charge in [0, 0.05) is 25.4 Å². The summed E-state index contributed by atoms with van der Waals surface area (Å²) in [6.07, 6.45) is 3.16. The van der Waals surface area contributed by atoms with Crippen LogP contribution in [-0.4, -0.2) is 65.7 Å². The molecule has 35 heavy (non-hydrogen) atoms. The number of piperidine rings is 1. The molecule has 2 amide bonds. The monoisotopic (exact) mass is 496 g/mol. The molecule has 7 nitrogen and oxygen atoms in total. The molecule has 2 unspecified atom stereocenters. The molecule has 0 spiro atoms. The Morgan fingerprint density at radius 3 is 2.40 bits per heavy atom. The molecule has 1 fully saturated rings. The number of rotatable bonds is 9. The van der Waals surface area contributed by atoms with E-state index >= 15 is 0 Å². The molecular weight excluding hydrogens is 464 g/mol. The highest BCUT2D eigenvalue weighted by Gasteiger charge is 2.32. The lowest BCUT2D eigenvalue weighted by atomic mass is 9.98. The zero-order valence-electron chi connectivity index (χ0n) is 19.9. The van der Waals surface area contributed by atoms with Crippen LogP contribution in [0.4, 0.5) is 4.79 Å². The number of aliphatic carboxylic acids is 1. The molecule has 2 aromatic rings. The van der Waals surface area contributed by atoms with Gasteiger partial charge >= 0.3 is 12.1 Å². The van der Waals surface area contributed by atoms with Crippen LogP contribution in [0.3, 0.4) is 0 Å². The summed E-state index contributed by atoms with van der Waals surface area (Å²) in [6.45, 7) is 1.40. The van der Waals surface area contributed by atoms with Gasteiger partial charge in [0.05, 0.1) is 0 Å². The van der Waals surface area contributed by atoms with Crippen LogP contribution in [0.5, 0.6) is 0 Å². The highest BCUT2D eigenvalue weighted by molar-refractivity contribution is 7.98. The SMILES string of the molecule is CSCC1CCCN(C(=O)C(CCC(=O)O)NC(=O)OCC2c3ccccc3-c3ccccc32)C1. The number of carboxylic acids is 1. The van der Waals surface area contributed by atoms with E-state index in [0.29, 0.717) is 19.0 Å². The summed E-state index contributed by atoms with van der Waals surface area (Å²) in [5.41, 5.74) is 4.48. The minimum absolute atomic E-state index is 0.0298. The number of thioether (sulfide) groups is 1. The molecule has 1 aliphatic heterocycles. The van der Waals surface area contributed by atoms with E-state index in [9.17, 15) is 14.4 Å². The third-order valence-electron chi connectivity index (χ3n) is 6.81. The molecule has 0 bridgehead atoms. The second-order valence-corrected chi connectivity index (χ2v) is 10.1. The molecular formula is C27H32N2O5S. The van der Waals surface area contributed by atoms with Crippen LogP contribution in [0.25, 0.3) is 11.1 Å². The summed E-state index contributed by atoms with van der Waals surface area (Å²) in [6, 6.07) is 15.2. The minimum Gasteiger partial charge on any atom is -0.481 e. The van der Waals surface area contributed by atoms with Gasteiger partial charge in [0.15, 0.2) is 0 Å². The normalized spacial score (nSPS) is 17.9. The molecule has 4 rings (SSSR count). The van der Waals surface area contributed by atoms with Crippen LogP contribution in [0.15, 0.2) is 48.5 Å². The number of nitrogens with one attached hydrogen (secondary N) is 1. The average Bonchev–Trinajstić information content (AvgIpc) is 3.19. The van der Waals surface area contributed by atoms with Crippen molar-refractivity contribution in [2.45, 2.75) is 37.6 Å². The predicted octanol–water partition coefficient (Wildman–Crippen LogP) is 4.36. The fourth-order valence-corrected chi connectivity index (χ4v) is 5.91. The first-order valence-corrected chi connectivity index (χ1v) is 13.5. The maximum Gasteiger partial charge on any atom is 0.407 e. The molecule has 2 aromatic carbocycles. The lowest BCUT2D eigenvalue weighted by Crippen LogP contribution is -2.51. The van der Waals surface area contributed by atoms with Gasteiger partial charge in [-0.1, -0.05) is 48.5 Å². The van der Waals surface area contributed by atoms with Crippen molar-refractivity contribution in [1.29, 1.82) is 0 Å². The van der Waals surface area contributed by atoms with E-state index in [2.05, 4.69) is 23.7 Å². The fraction of sp³-hybridized carbons (Fsp3) is 0.444. The van der Waals surface area contributed by atoms with Crippen LogP contribution >= 0.6 is 11.8 Å². The van der Waals surface area contributed by atoms with Crippen LogP contribution in [0.2, 0.25) is 0 Å². The van der Waals surface area contributed by atoms with Gasteiger partial charge in [0.1, 0.15) is 12.6 Å². The molecule has 186 valence electrons. The number of nitrogens with zero attached hydrogens (tertiary/aromatic N) is 1. The summed E-state index contributed by atoms with van der Waals surface area (Å²) in [5.74, 6) is 0.0678. The smallest absolute Gasteiger partial charge is 0.407 e. The van der Waals surface area contributed by atoms with Crippen molar-refractivity contribution in [2.24, 2.45) is 5.92 Å². The first-order valence-electron chi connectivity index (χ1n) is 12.1. The van der Waals surface area contributed by atoms with Gasteiger partial charge in [-0.3, -0.25) is 9.59 Å². The van der Waals surface area contributed by atoms with Gasteiger partial charge in [0.25, 0.3) is 0 Å². The molecule has 0 saturated carbocycles. The second kappa shape index (κ2) is 11.6. The number of carbonyl (C=O) groups is 3. The molecule has 8 heteroatoms. The Hall–Kier alpha value is -3.00. The Morgan fingerprint density at radius 2 is 1.77 bits per heavy atom. The van der Waals surface area contributed by atoms with Gasteiger partial charge in [-0.25, -0.2) is 4.79 Å². The number of benzene rings is 2. The molecule has 0 radical (unpaired) electrons. The van der Waals surface area contributed by atoms with E-state index in [-0.39, 0.29) is 31.3 Å². The number of alkyl carbamates (subject to hydrolysis) is 1. The number of carboxylic acid groups (broad SMARTS) is 1. The summed E-state index contributed by atoms with van der Waals surface area (Å²) in [5, 5.41) is 11.8. The van der Waals surface area contributed by atoms with E-state index in [0.717, 1.165) is 40.8 Å². The molecule has 2 N–H and O–H groups in total. The molecule has 1 aliphatic carbocycles. The zero-order chi connectivity index (χ0) is 24.8. The highest BCUT2D eigenvalue weighted by atomic mass is 32.2. The largest absolute Gasteiger partial charge is 0.481 e. The lowest BCUT2D eigenvalue weighted by molar-refractivity contribution is -0.138. The van der Waals surface area contributed by atoms with E-state index in [1.807, 2.05) is 36.4 Å². The van der Waals surface area contributed by atoms with Crippen molar-refractivity contribution >= 4 is 29.7 Å². The van der Waals surface area contributed by atoms with E-state index < -0.39 is 18.1 Å². The lowest BCUT2D eigenvalue weighted by Gasteiger charge is -2.35. The van der Waals surface area contributed by atoms with Crippen LogP contribution in [-0.2, 0) is 14.3 Å². The molecule has 1 saturated heterocycles. The van der Waals surface area contributed by atoms with Gasteiger partial charge in [-0.05, 0) is 59.4 Å². The Labute approximate surface area is 210 Å². The van der Waals surface area contributed by atoms with E-state index in [4.69, 9.17) is 9.84 Å². The van der Waals surface area contributed by atoms with Crippen molar-refractivity contribution in [3.8, 4) is 11.1 Å². The molecule has 2 aliphatic rings. The number of ether oxygens (including phenoxy) is 1. The van der Waals surface area contributed by atoms with E-state index in [1.54, 1.807) is 16.7 Å². The van der Waals surface area contributed by atoms with E-state index in [1.165, 1.54) is 0 Å². The standard InChI is InChI=1S/C27H32N2O5S/c1-35-17-18-7-6-14-29(15-18)26(32)24(12-13-25(30)31)28-27(33)34-16-23-21-10-4-2-8-19(21)20-9-3-5-11-22(20)23/h2-5,8-11,18,23-24H,6-7,12-17H2,1H3,(H,28,33)(H,30,31). The number of hydrogen-bond donors (Lipinski definition) is 2. The van der Waals surface area contributed by atoms with Crippen molar-refractivity contribution in [3.05, 3.63) is 59.7 Å².